The van der Waals surface area contributed by atoms with Gasteiger partial charge in [0.15, 0.2) is 11.5 Å². The summed E-state index contributed by atoms with van der Waals surface area (Å²) in [5, 5.41) is 20.7. The van der Waals surface area contributed by atoms with Gasteiger partial charge in [-0.3, -0.25) is 4.79 Å². The number of anilines is 2. The number of carbonyl (C=O) groups excluding carboxylic acids is 1. The fourth-order valence-electron chi connectivity index (χ4n) is 3.64. The number of allylic oxidation sites excluding steroid dienone is 1. The molecule has 1 unspecified atom stereocenters. The molecule has 0 bridgehead atoms. The molecule has 0 spiro atoms. The molecule has 0 radical (unpaired) electrons. The van der Waals surface area contributed by atoms with Crippen molar-refractivity contribution in [1.29, 1.82) is 0 Å². The number of carbonyl (C=O) groups is 1. The maximum absolute atomic E-state index is 13.5. The highest BCUT2D eigenvalue weighted by Gasteiger charge is 2.34. The summed E-state index contributed by atoms with van der Waals surface area (Å²) in [5.74, 6) is 1.01. The third-order valence-corrected chi connectivity index (χ3v) is 5.67. The van der Waals surface area contributed by atoms with Crippen LogP contribution in [0.4, 0.5) is 11.6 Å². The summed E-state index contributed by atoms with van der Waals surface area (Å²) >= 11 is 3.36. The van der Waals surface area contributed by atoms with E-state index >= 15 is 0 Å². The Balaban J connectivity index is 1.80. The minimum atomic E-state index is -0.612. The fraction of sp³-hybridized carbons (Fsp3) is 0.227. The molecule has 1 aromatic heterocycles. The molecule has 1 atom stereocenters. The van der Waals surface area contributed by atoms with Gasteiger partial charge in [-0.25, -0.2) is 4.68 Å². The summed E-state index contributed by atoms with van der Waals surface area (Å²) in [6, 6.07) is 10.0. The molecule has 166 valence electrons. The van der Waals surface area contributed by atoms with Crippen molar-refractivity contribution in [3.63, 3.8) is 0 Å². The Bertz CT molecular complexity index is 1210. The first-order valence-corrected chi connectivity index (χ1v) is 10.7. The van der Waals surface area contributed by atoms with Gasteiger partial charge in [0.1, 0.15) is 18.1 Å². The summed E-state index contributed by atoms with van der Waals surface area (Å²) in [4.78, 5) is 17.8. The number of ether oxygens (including phenoxy) is 2. The number of nitrogens with zero attached hydrogens (tertiary/aromatic N) is 3. The number of hydrogen-bond donors (Lipinski definition) is 3. The molecule has 0 saturated carbocycles. The average Bonchev–Trinajstić information content (AvgIpc) is 3.24. The van der Waals surface area contributed by atoms with Crippen LogP contribution in [0.2, 0.25) is 0 Å². The van der Waals surface area contributed by atoms with Crippen molar-refractivity contribution in [2.24, 2.45) is 0 Å². The summed E-state index contributed by atoms with van der Waals surface area (Å²) in [7, 11) is 1.47. The largest absolute Gasteiger partial charge is 0.503 e. The number of phenolic OH excluding ortho intramolecular Hbond substituents is 1. The Morgan fingerprint density at radius 2 is 2.09 bits per heavy atom. The molecule has 2 aromatic carbocycles. The standard InChI is InChI=1S/C22H22BrN5O4/c1-4-32-16-8-6-5-7-15(16)27-21(30)18-12(2)26-22-24-11-25-28(22)19(18)13-9-14(23)20(29)17(10-13)31-3/h5-11,19,29H,4H2,1-3H3,(H,27,30)(H,24,25,26). The minimum Gasteiger partial charge on any atom is -0.503 e. The maximum atomic E-state index is 13.5. The Morgan fingerprint density at radius 1 is 1.31 bits per heavy atom. The topological polar surface area (TPSA) is 111 Å². The van der Waals surface area contributed by atoms with E-state index in [9.17, 15) is 9.90 Å². The van der Waals surface area contributed by atoms with Crippen molar-refractivity contribution >= 4 is 33.5 Å². The molecule has 1 amide bonds. The monoisotopic (exact) mass is 499 g/mol. The second kappa shape index (κ2) is 8.91. The molecule has 1 aliphatic rings. The lowest BCUT2D eigenvalue weighted by Crippen LogP contribution is -2.31. The zero-order valence-corrected chi connectivity index (χ0v) is 19.3. The third kappa shape index (κ3) is 3.89. The van der Waals surface area contributed by atoms with Crippen LogP contribution in [-0.4, -0.2) is 39.5 Å². The zero-order chi connectivity index (χ0) is 22.8. The van der Waals surface area contributed by atoms with Crippen LogP contribution in [-0.2, 0) is 4.79 Å². The first kappa shape index (κ1) is 21.7. The van der Waals surface area contributed by atoms with Gasteiger partial charge >= 0.3 is 0 Å². The molecule has 1 aliphatic heterocycles. The molecular formula is C22H22BrN5O4. The van der Waals surface area contributed by atoms with E-state index < -0.39 is 6.04 Å². The maximum Gasteiger partial charge on any atom is 0.255 e. The van der Waals surface area contributed by atoms with Crippen LogP contribution in [0, 0.1) is 0 Å². The van der Waals surface area contributed by atoms with Crippen molar-refractivity contribution in [2.75, 3.05) is 24.4 Å². The quantitative estimate of drug-likeness (QED) is 0.468. The fourth-order valence-corrected chi connectivity index (χ4v) is 4.10. The van der Waals surface area contributed by atoms with Gasteiger partial charge in [0.05, 0.1) is 29.4 Å². The van der Waals surface area contributed by atoms with E-state index in [2.05, 4.69) is 36.6 Å². The Labute approximate surface area is 193 Å². The number of halogens is 1. The highest BCUT2D eigenvalue weighted by Crippen LogP contribution is 2.42. The zero-order valence-electron chi connectivity index (χ0n) is 17.7. The lowest BCUT2D eigenvalue weighted by atomic mass is 9.94. The smallest absolute Gasteiger partial charge is 0.255 e. The highest BCUT2D eigenvalue weighted by molar-refractivity contribution is 9.10. The van der Waals surface area contributed by atoms with Gasteiger partial charge in [-0.1, -0.05) is 12.1 Å². The number of aromatic hydroxyl groups is 1. The Morgan fingerprint density at radius 3 is 2.84 bits per heavy atom. The van der Waals surface area contributed by atoms with Gasteiger partial charge in [-0.15, -0.1) is 0 Å². The molecule has 10 heteroatoms. The van der Waals surface area contributed by atoms with Crippen molar-refractivity contribution in [1.82, 2.24) is 14.8 Å². The molecule has 3 aromatic rings. The highest BCUT2D eigenvalue weighted by atomic mass is 79.9. The van der Waals surface area contributed by atoms with Gasteiger partial charge in [-0.05, 0) is 59.6 Å². The number of methoxy groups -OCH3 is 1. The van der Waals surface area contributed by atoms with Crippen LogP contribution in [0.15, 0.2) is 58.5 Å². The van der Waals surface area contributed by atoms with Gasteiger partial charge in [0, 0.05) is 5.70 Å². The van der Waals surface area contributed by atoms with Crippen molar-refractivity contribution in [2.45, 2.75) is 19.9 Å². The van der Waals surface area contributed by atoms with Gasteiger partial charge in [0.25, 0.3) is 5.91 Å². The molecular weight excluding hydrogens is 478 g/mol. The van der Waals surface area contributed by atoms with Crippen LogP contribution in [0.3, 0.4) is 0 Å². The van der Waals surface area contributed by atoms with Gasteiger partial charge in [0.2, 0.25) is 5.95 Å². The number of aromatic nitrogens is 3. The molecule has 2 heterocycles. The van der Waals surface area contributed by atoms with Crippen molar-refractivity contribution in [3.05, 3.63) is 64.0 Å². The summed E-state index contributed by atoms with van der Waals surface area (Å²) < 4.78 is 13.0. The predicted octanol–water partition coefficient (Wildman–Crippen LogP) is 4.08. The number of para-hydroxylation sites is 2. The molecule has 0 saturated heterocycles. The lowest BCUT2D eigenvalue weighted by molar-refractivity contribution is -0.113. The van der Waals surface area contributed by atoms with E-state index in [0.717, 1.165) is 0 Å². The number of fused-ring (bicyclic) bond motifs is 1. The molecule has 0 aliphatic carbocycles. The normalized spacial score (nSPS) is 15.1. The summed E-state index contributed by atoms with van der Waals surface area (Å²) in [6.07, 6.45) is 1.42. The average molecular weight is 500 g/mol. The van der Waals surface area contributed by atoms with E-state index in [1.165, 1.54) is 13.4 Å². The Kier molecular flexibility index (Phi) is 6.04. The number of nitrogens with one attached hydrogen (secondary N) is 2. The molecule has 32 heavy (non-hydrogen) atoms. The van der Waals surface area contributed by atoms with E-state index in [0.29, 0.717) is 45.3 Å². The van der Waals surface area contributed by atoms with E-state index in [1.54, 1.807) is 35.9 Å². The molecule has 0 fully saturated rings. The second-order valence-corrected chi connectivity index (χ2v) is 7.89. The molecule has 4 rings (SSSR count). The van der Waals surface area contributed by atoms with E-state index in [4.69, 9.17) is 9.47 Å². The summed E-state index contributed by atoms with van der Waals surface area (Å²) in [5.41, 5.74) is 2.31. The number of phenols is 1. The van der Waals surface area contributed by atoms with Crippen LogP contribution in [0.1, 0.15) is 25.5 Å². The predicted molar refractivity (Wildman–Crippen MR) is 123 cm³/mol. The van der Waals surface area contributed by atoms with Crippen LogP contribution in [0.5, 0.6) is 17.2 Å². The van der Waals surface area contributed by atoms with Crippen molar-refractivity contribution < 1.29 is 19.4 Å². The van der Waals surface area contributed by atoms with Gasteiger partial charge < -0.3 is 25.2 Å². The number of benzene rings is 2. The van der Waals surface area contributed by atoms with E-state index in [1.807, 2.05) is 19.1 Å². The van der Waals surface area contributed by atoms with E-state index in [-0.39, 0.29) is 17.4 Å². The SMILES string of the molecule is CCOc1ccccc1NC(=O)C1=C(C)Nc2ncnn2C1c1cc(Br)c(O)c(OC)c1. The van der Waals surface area contributed by atoms with Crippen LogP contribution in [0.25, 0.3) is 0 Å². The van der Waals surface area contributed by atoms with Crippen LogP contribution < -0.4 is 20.1 Å². The second-order valence-electron chi connectivity index (χ2n) is 7.03. The van der Waals surface area contributed by atoms with Crippen molar-refractivity contribution in [3.8, 4) is 17.2 Å². The first-order valence-electron chi connectivity index (χ1n) is 9.91. The lowest BCUT2D eigenvalue weighted by Gasteiger charge is -2.29. The summed E-state index contributed by atoms with van der Waals surface area (Å²) in [6.45, 7) is 4.17. The first-order chi connectivity index (χ1) is 15.4. The number of hydrogen-bond acceptors (Lipinski definition) is 7. The number of amides is 1. The molecule has 9 nitrogen and oxygen atoms in total. The van der Waals surface area contributed by atoms with Gasteiger partial charge in [-0.2, -0.15) is 10.1 Å². The number of rotatable bonds is 6. The minimum absolute atomic E-state index is 0.0265. The third-order valence-electron chi connectivity index (χ3n) is 5.06. The van der Waals surface area contributed by atoms with Crippen LogP contribution >= 0.6 is 15.9 Å². The Hall–Kier alpha value is -3.53. The molecule has 3 N–H and O–H groups in total.